The second-order valence-corrected chi connectivity index (χ2v) is 12.8. The monoisotopic (exact) mass is 708 g/mol. The van der Waals surface area contributed by atoms with Crippen molar-refractivity contribution in [1.82, 2.24) is 19.1 Å². The van der Waals surface area contributed by atoms with Crippen LogP contribution in [0.25, 0.3) is 21.8 Å². The summed E-state index contributed by atoms with van der Waals surface area (Å²) in [5.74, 6) is 0.574. The van der Waals surface area contributed by atoms with E-state index in [4.69, 9.17) is 19.4 Å². The van der Waals surface area contributed by atoms with Crippen molar-refractivity contribution in [1.29, 1.82) is 0 Å². The number of thioether (sulfide) groups is 2. The van der Waals surface area contributed by atoms with Crippen molar-refractivity contribution in [2.75, 3.05) is 36.4 Å². The van der Waals surface area contributed by atoms with Gasteiger partial charge >= 0.3 is 0 Å². The van der Waals surface area contributed by atoms with Crippen LogP contribution in [0.2, 0.25) is 0 Å². The molecule has 0 bridgehead atoms. The Morgan fingerprint density at radius 1 is 0.620 bits per heavy atom. The Balaban J connectivity index is 1.26. The summed E-state index contributed by atoms with van der Waals surface area (Å²) < 4.78 is 13.4. The van der Waals surface area contributed by atoms with Crippen LogP contribution in [0.5, 0.6) is 11.5 Å². The maximum atomic E-state index is 13.8. The molecule has 0 radical (unpaired) electrons. The Kier molecular flexibility index (Phi) is 10.8. The lowest BCUT2D eigenvalue weighted by atomic mass is 10.2. The largest absolute Gasteiger partial charge is 0.497 e. The van der Waals surface area contributed by atoms with Crippen molar-refractivity contribution in [2.24, 2.45) is 0 Å². The molecule has 14 heteroatoms. The lowest BCUT2D eigenvalue weighted by Gasteiger charge is -2.16. The first-order chi connectivity index (χ1) is 24.3. The predicted octanol–water partition coefficient (Wildman–Crippen LogP) is 5.29. The number of methoxy groups -OCH3 is 2. The first-order valence-electron chi connectivity index (χ1n) is 15.5. The van der Waals surface area contributed by atoms with Crippen molar-refractivity contribution in [3.05, 3.63) is 118 Å². The molecule has 0 unspecified atom stereocenters. The van der Waals surface area contributed by atoms with Gasteiger partial charge in [-0.1, -0.05) is 59.9 Å². The zero-order chi connectivity index (χ0) is 35.0. The van der Waals surface area contributed by atoms with Gasteiger partial charge < -0.3 is 20.1 Å². The van der Waals surface area contributed by atoms with Crippen LogP contribution in [0.1, 0.15) is 0 Å². The summed E-state index contributed by atoms with van der Waals surface area (Å²) in [6.07, 6.45) is 0. The zero-order valence-electron chi connectivity index (χ0n) is 27.1. The SMILES string of the molecule is COc1cccc(NC(=O)CSc2nc3ccccc3c(=O)n2CCn2c(SCC(=O)Nc3cccc(OC)c3)nc3ccccc3c2=O)c1. The highest BCUT2D eigenvalue weighted by molar-refractivity contribution is 8.00. The van der Waals surface area contributed by atoms with Crippen molar-refractivity contribution in [3.8, 4) is 11.5 Å². The van der Waals surface area contributed by atoms with E-state index < -0.39 is 0 Å². The van der Waals surface area contributed by atoms with Gasteiger partial charge in [0.1, 0.15) is 11.5 Å². The van der Waals surface area contributed by atoms with Gasteiger partial charge in [0.2, 0.25) is 11.8 Å². The summed E-state index contributed by atoms with van der Waals surface area (Å²) in [4.78, 5) is 62.9. The van der Waals surface area contributed by atoms with Crippen molar-refractivity contribution in [2.45, 2.75) is 23.4 Å². The Morgan fingerprint density at radius 2 is 1.04 bits per heavy atom. The van der Waals surface area contributed by atoms with Crippen LogP contribution >= 0.6 is 23.5 Å². The molecule has 0 atom stereocenters. The molecule has 12 nitrogen and oxygen atoms in total. The molecular formula is C36H32N6O6S2. The van der Waals surface area contributed by atoms with E-state index in [1.54, 1.807) is 111 Å². The van der Waals surface area contributed by atoms with Gasteiger partial charge in [-0.2, -0.15) is 0 Å². The molecule has 254 valence electrons. The molecule has 0 aliphatic carbocycles. The molecule has 2 aromatic heterocycles. The fourth-order valence-corrected chi connectivity index (χ4v) is 6.82. The van der Waals surface area contributed by atoms with Crippen LogP contribution in [0.4, 0.5) is 11.4 Å². The van der Waals surface area contributed by atoms with Crippen molar-refractivity contribution < 1.29 is 19.1 Å². The normalized spacial score (nSPS) is 11.0. The average Bonchev–Trinajstić information content (AvgIpc) is 3.13. The smallest absolute Gasteiger partial charge is 0.262 e. The summed E-state index contributed by atoms with van der Waals surface area (Å²) in [7, 11) is 3.09. The van der Waals surface area contributed by atoms with E-state index >= 15 is 0 Å². The quantitative estimate of drug-likeness (QED) is 0.120. The number of hydrogen-bond donors (Lipinski definition) is 2. The number of anilines is 2. The predicted molar refractivity (Wildman–Crippen MR) is 197 cm³/mol. The molecule has 0 spiro atoms. The van der Waals surface area contributed by atoms with E-state index in [1.807, 2.05) is 0 Å². The number of fused-ring (bicyclic) bond motifs is 2. The molecule has 2 N–H and O–H groups in total. The lowest BCUT2D eigenvalue weighted by molar-refractivity contribution is -0.114. The van der Waals surface area contributed by atoms with E-state index in [9.17, 15) is 19.2 Å². The lowest BCUT2D eigenvalue weighted by Crippen LogP contribution is -2.30. The highest BCUT2D eigenvalue weighted by Crippen LogP contribution is 2.23. The third-order valence-corrected chi connectivity index (χ3v) is 9.52. The summed E-state index contributed by atoms with van der Waals surface area (Å²) in [5, 5.41) is 7.14. The van der Waals surface area contributed by atoms with E-state index in [1.165, 1.54) is 9.13 Å². The number of hydrogen-bond acceptors (Lipinski definition) is 10. The van der Waals surface area contributed by atoms with Crippen LogP contribution in [0.3, 0.4) is 0 Å². The molecule has 0 aliphatic heterocycles. The fraction of sp³-hybridized carbons (Fsp3) is 0.167. The van der Waals surface area contributed by atoms with Gasteiger partial charge in [0.05, 0.1) is 47.5 Å². The average molecular weight is 709 g/mol. The number of ether oxygens (including phenoxy) is 2. The van der Waals surface area contributed by atoms with E-state index in [2.05, 4.69) is 10.6 Å². The van der Waals surface area contributed by atoms with Crippen LogP contribution < -0.4 is 31.2 Å². The molecule has 0 aliphatic rings. The summed E-state index contributed by atoms with van der Waals surface area (Å²) >= 11 is 2.23. The third-order valence-electron chi connectivity index (χ3n) is 7.57. The summed E-state index contributed by atoms with van der Waals surface area (Å²) in [6.45, 7) is 0.111. The second-order valence-electron chi connectivity index (χ2n) is 10.9. The molecule has 50 heavy (non-hydrogen) atoms. The van der Waals surface area contributed by atoms with E-state index in [-0.39, 0.29) is 47.5 Å². The molecule has 0 saturated carbocycles. The highest BCUT2D eigenvalue weighted by Gasteiger charge is 2.17. The fourth-order valence-electron chi connectivity index (χ4n) is 5.17. The standard InChI is InChI=1S/C36H32N6O6S2/c1-47-25-11-7-9-23(19-25)37-31(43)21-49-35-39-29-15-5-3-13-27(29)33(45)41(35)17-18-42-34(46)28-14-4-6-16-30(28)40-36(42)50-22-32(44)38-24-10-8-12-26(20-24)48-2/h3-16,19-20H,17-18,21-22H2,1-2H3,(H,37,43)(H,38,44). The number of nitrogens with one attached hydrogen (secondary N) is 2. The third kappa shape index (κ3) is 7.98. The molecule has 4 aromatic carbocycles. The van der Waals surface area contributed by atoms with Crippen molar-refractivity contribution in [3.63, 3.8) is 0 Å². The Morgan fingerprint density at radius 3 is 1.46 bits per heavy atom. The first-order valence-corrected chi connectivity index (χ1v) is 17.4. The van der Waals surface area contributed by atoms with Crippen LogP contribution in [-0.2, 0) is 22.7 Å². The molecule has 0 saturated heterocycles. The highest BCUT2D eigenvalue weighted by atomic mass is 32.2. The van der Waals surface area contributed by atoms with Gasteiger partial charge in [0, 0.05) is 36.6 Å². The Bertz CT molecular complexity index is 2160. The minimum Gasteiger partial charge on any atom is -0.497 e. The zero-order valence-corrected chi connectivity index (χ0v) is 28.8. The van der Waals surface area contributed by atoms with Gasteiger partial charge in [-0.15, -0.1) is 0 Å². The molecule has 2 heterocycles. The molecule has 6 rings (SSSR count). The number of nitrogens with zero attached hydrogens (tertiary/aromatic N) is 4. The minimum atomic E-state index is -0.306. The first kappa shape index (κ1) is 34.3. The van der Waals surface area contributed by atoms with Gasteiger partial charge in [-0.25, -0.2) is 9.97 Å². The summed E-state index contributed by atoms with van der Waals surface area (Å²) in [5.41, 5.74) is 1.52. The van der Waals surface area contributed by atoms with E-state index in [0.29, 0.717) is 55.0 Å². The molecule has 0 fully saturated rings. The van der Waals surface area contributed by atoms with Crippen LogP contribution in [-0.4, -0.2) is 56.6 Å². The molecule has 6 aromatic rings. The maximum absolute atomic E-state index is 13.8. The molecule has 2 amide bonds. The minimum absolute atomic E-state index is 0.0248. The second kappa shape index (κ2) is 15.7. The van der Waals surface area contributed by atoms with Crippen LogP contribution in [0.15, 0.2) is 117 Å². The summed E-state index contributed by atoms with van der Waals surface area (Å²) in [6, 6.07) is 28.0. The number of aromatic nitrogens is 4. The Hall–Kier alpha value is -5.60. The van der Waals surface area contributed by atoms with Gasteiger partial charge in [0.25, 0.3) is 11.1 Å². The topological polar surface area (TPSA) is 146 Å². The Labute approximate surface area is 294 Å². The number of benzene rings is 4. The number of rotatable bonds is 13. The number of carbonyl (C=O) groups excluding carboxylic acids is 2. The van der Waals surface area contributed by atoms with Gasteiger partial charge in [-0.05, 0) is 48.5 Å². The molecular weight excluding hydrogens is 677 g/mol. The number of carbonyl (C=O) groups is 2. The van der Waals surface area contributed by atoms with E-state index in [0.717, 1.165) is 23.5 Å². The number of para-hydroxylation sites is 2. The van der Waals surface area contributed by atoms with Crippen LogP contribution in [0, 0.1) is 0 Å². The van der Waals surface area contributed by atoms with Gasteiger partial charge in [-0.3, -0.25) is 28.3 Å². The number of amides is 2. The van der Waals surface area contributed by atoms with Gasteiger partial charge in [0.15, 0.2) is 10.3 Å². The maximum Gasteiger partial charge on any atom is 0.262 e. The van der Waals surface area contributed by atoms with Crippen molar-refractivity contribution >= 4 is 68.5 Å².